The van der Waals surface area contributed by atoms with E-state index in [2.05, 4.69) is 77.8 Å². The van der Waals surface area contributed by atoms with Crippen LogP contribution in [0.2, 0.25) is 10.0 Å². The van der Waals surface area contributed by atoms with Crippen molar-refractivity contribution in [3.05, 3.63) is 67.7 Å². The molecule has 2 aromatic carbocycles. The van der Waals surface area contributed by atoms with E-state index < -0.39 is 0 Å². The summed E-state index contributed by atoms with van der Waals surface area (Å²) in [6, 6.07) is 12.8. The van der Waals surface area contributed by atoms with Crippen LogP contribution in [0.4, 0.5) is 0 Å². The zero-order chi connectivity index (χ0) is 20.2. The summed E-state index contributed by atoms with van der Waals surface area (Å²) in [5.74, 6) is 0. The predicted molar refractivity (Wildman–Crippen MR) is 124 cm³/mol. The first-order valence-corrected chi connectivity index (χ1v) is 11.2. The molecule has 0 radical (unpaired) electrons. The van der Waals surface area contributed by atoms with E-state index in [1.165, 1.54) is 22.2 Å². The number of nitrogens with one attached hydrogen (secondary N) is 1. The molecule has 1 aliphatic rings. The number of benzene rings is 2. The van der Waals surface area contributed by atoms with E-state index in [-0.39, 0.29) is 11.5 Å². The Labute approximate surface area is 185 Å². The van der Waals surface area contributed by atoms with Crippen LogP contribution in [0.25, 0.3) is 10.9 Å². The van der Waals surface area contributed by atoms with Crippen LogP contribution < -0.4 is 0 Å². The number of hydrogen-bond donors (Lipinski definition) is 1. The fraction of sp³-hybridized carbons (Fsp3) is 0.391. The summed E-state index contributed by atoms with van der Waals surface area (Å²) < 4.78 is 0.898. The van der Waals surface area contributed by atoms with E-state index in [4.69, 9.17) is 23.2 Å². The van der Waals surface area contributed by atoms with Crippen molar-refractivity contribution in [2.24, 2.45) is 5.41 Å². The van der Waals surface area contributed by atoms with Crippen molar-refractivity contribution in [3.8, 4) is 0 Å². The Kier molecular flexibility index (Phi) is 5.33. The first-order valence-electron chi connectivity index (χ1n) is 9.65. The molecule has 0 saturated heterocycles. The Morgan fingerprint density at radius 1 is 1.14 bits per heavy atom. The summed E-state index contributed by atoms with van der Waals surface area (Å²) in [5.41, 5.74) is 4.91. The van der Waals surface area contributed by atoms with Crippen LogP contribution in [0.5, 0.6) is 0 Å². The molecule has 1 aromatic heterocycles. The van der Waals surface area contributed by atoms with Gasteiger partial charge in [0.25, 0.3) is 0 Å². The van der Waals surface area contributed by atoms with Gasteiger partial charge in [-0.25, -0.2) is 0 Å². The highest BCUT2D eigenvalue weighted by Gasteiger charge is 2.39. The normalized spacial score (nSPS) is 20.5. The molecule has 3 aromatic rings. The van der Waals surface area contributed by atoms with Gasteiger partial charge in [0.15, 0.2) is 0 Å². The summed E-state index contributed by atoms with van der Waals surface area (Å²) in [4.78, 5) is 6.25. The Morgan fingerprint density at radius 3 is 2.43 bits per heavy atom. The monoisotopic (exact) mass is 478 g/mol. The van der Waals surface area contributed by atoms with Gasteiger partial charge in [0, 0.05) is 49.3 Å². The minimum atomic E-state index is -0.00141. The van der Waals surface area contributed by atoms with Gasteiger partial charge < -0.3 is 4.98 Å². The quantitative estimate of drug-likeness (QED) is 0.400. The number of fused-ring (bicyclic) bond motifs is 3. The SMILES string of the molecule is C[C@@H]1Cc2c([nH]c3ccccc23)[C@@H](c2c(Cl)cc(Br)cc2Cl)N1CC(C)(C)C. The first-order chi connectivity index (χ1) is 13.2. The minimum absolute atomic E-state index is 0.00141. The lowest BCUT2D eigenvalue weighted by Gasteiger charge is -2.44. The van der Waals surface area contributed by atoms with Crippen LogP contribution in [0.1, 0.15) is 50.6 Å². The second-order valence-corrected chi connectivity index (χ2v) is 10.8. The highest BCUT2D eigenvalue weighted by atomic mass is 79.9. The maximum absolute atomic E-state index is 6.76. The van der Waals surface area contributed by atoms with Crippen LogP contribution >= 0.6 is 39.1 Å². The van der Waals surface area contributed by atoms with Crippen molar-refractivity contribution in [2.75, 3.05) is 6.54 Å². The lowest BCUT2D eigenvalue weighted by atomic mass is 9.85. The Balaban J connectivity index is 1.98. The van der Waals surface area contributed by atoms with Gasteiger partial charge in [-0.05, 0) is 42.5 Å². The molecule has 1 N–H and O–H groups in total. The van der Waals surface area contributed by atoms with Crippen molar-refractivity contribution >= 4 is 50.0 Å². The Bertz CT molecular complexity index is 1010. The number of para-hydroxylation sites is 1. The molecule has 4 rings (SSSR count). The molecule has 0 spiro atoms. The fourth-order valence-corrected chi connectivity index (χ4v) is 5.84. The molecule has 0 aliphatic carbocycles. The first kappa shape index (κ1) is 20.3. The van der Waals surface area contributed by atoms with E-state index in [0.29, 0.717) is 16.1 Å². The zero-order valence-corrected chi connectivity index (χ0v) is 19.7. The highest BCUT2D eigenvalue weighted by Crippen LogP contribution is 2.46. The number of H-pyrrole nitrogens is 1. The maximum Gasteiger partial charge on any atom is 0.0789 e. The molecule has 2 atom stereocenters. The minimum Gasteiger partial charge on any atom is -0.357 e. The predicted octanol–water partition coefficient (Wildman–Crippen LogP) is 7.62. The van der Waals surface area contributed by atoms with Crippen LogP contribution in [-0.2, 0) is 6.42 Å². The average molecular weight is 480 g/mol. The van der Waals surface area contributed by atoms with Gasteiger partial charge in [0.05, 0.1) is 6.04 Å². The molecular weight excluding hydrogens is 455 g/mol. The summed E-state index contributed by atoms with van der Waals surface area (Å²) in [6.07, 6.45) is 1.01. The number of hydrogen-bond acceptors (Lipinski definition) is 1. The Morgan fingerprint density at radius 2 is 1.79 bits per heavy atom. The third-order valence-electron chi connectivity index (χ3n) is 5.49. The molecular formula is C23H25BrCl2N2. The summed E-state index contributed by atoms with van der Waals surface area (Å²) in [7, 11) is 0. The summed E-state index contributed by atoms with van der Waals surface area (Å²) in [5, 5.41) is 2.69. The number of rotatable bonds is 2. The van der Waals surface area contributed by atoms with Gasteiger partial charge >= 0.3 is 0 Å². The average Bonchev–Trinajstić information content (AvgIpc) is 2.94. The van der Waals surface area contributed by atoms with Gasteiger partial charge in [-0.1, -0.05) is 78.1 Å². The van der Waals surface area contributed by atoms with E-state index >= 15 is 0 Å². The zero-order valence-electron chi connectivity index (χ0n) is 16.6. The van der Waals surface area contributed by atoms with E-state index in [1.54, 1.807) is 0 Å². The fourth-order valence-electron chi connectivity index (χ4n) is 4.43. The van der Waals surface area contributed by atoms with Crippen LogP contribution in [0.3, 0.4) is 0 Å². The second kappa shape index (κ2) is 7.36. The second-order valence-electron chi connectivity index (χ2n) is 9.03. The topological polar surface area (TPSA) is 19.0 Å². The van der Waals surface area contributed by atoms with Gasteiger partial charge in [-0.2, -0.15) is 0 Å². The third kappa shape index (κ3) is 3.63. The molecule has 0 bridgehead atoms. The van der Waals surface area contributed by atoms with Crippen LogP contribution in [0.15, 0.2) is 40.9 Å². The number of aromatic amines is 1. The van der Waals surface area contributed by atoms with Crippen LogP contribution in [0, 0.1) is 5.41 Å². The van der Waals surface area contributed by atoms with Crippen molar-refractivity contribution in [1.29, 1.82) is 0 Å². The third-order valence-corrected chi connectivity index (χ3v) is 6.57. The maximum atomic E-state index is 6.76. The molecule has 1 aliphatic heterocycles. The van der Waals surface area contributed by atoms with Gasteiger partial charge in [-0.3, -0.25) is 4.90 Å². The van der Waals surface area contributed by atoms with E-state index in [1.807, 2.05) is 12.1 Å². The summed E-state index contributed by atoms with van der Waals surface area (Å²) >= 11 is 17.0. The largest absolute Gasteiger partial charge is 0.357 e. The van der Waals surface area contributed by atoms with Gasteiger partial charge in [0.2, 0.25) is 0 Å². The molecule has 2 nitrogen and oxygen atoms in total. The van der Waals surface area contributed by atoms with Crippen molar-refractivity contribution in [1.82, 2.24) is 9.88 Å². The standard InChI is InChI=1S/C23H25BrCl2N2/c1-13-9-16-15-7-5-6-8-19(15)27-21(16)22(28(13)12-23(2,3)4)20-17(25)10-14(24)11-18(20)26/h5-8,10-11,13,22,27H,9,12H2,1-4H3/t13-,22-/m1/s1. The van der Waals surface area contributed by atoms with Crippen molar-refractivity contribution in [3.63, 3.8) is 0 Å². The highest BCUT2D eigenvalue weighted by molar-refractivity contribution is 9.10. The lowest BCUT2D eigenvalue weighted by Crippen LogP contribution is -2.46. The van der Waals surface area contributed by atoms with Gasteiger partial charge in [-0.15, -0.1) is 0 Å². The molecule has 0 amide bonds. The summed E-state index contributed by atoms with van der Waals surface area (Å²) in [6.45, 7) is 10.1. The van der Waals surface area contributed by atoms with Gasteiger partial charge in [0.1, 0.15) is 0 Å². The smallest absolute Gasteiger partial charge is 0.0789 e. The molecule has 0 fully saturated rings. The number of aromatic nitrogens is 1. The Hall–Kier alpha value is -1.000. The molecule has 2 heterocycles. The van der Waals surface area contributed by atoms with Crippen molar-refractivity contribution in [2.45, 2.75) is 46.2 Å². The van der Waals surface area contributed by atoms with Crippen molar-refractivity contribution < 1.29 is 0 Å². The molecule has 148 valence electrons. The molecule has 0 saturated carbocycles. The molecule has 0 unspecified atom stereocenters. The molecule has 5 heteroatoms. The lowest BCUT2D eigenvalue weighted by molar-refractivity contribution is 0.100. The van der Waals surface area contributed by atoms with Crippen LogP contribution in [-0.4, -0.2) is 22.5 Å². The van der Waals surface area contributed by atoms with E-state index in [9.17, 15) is 0 Å². The number of nitrogens with zero attached hydrogens (tertiary/aromatic N) is 1. The molecule has 28 heavy (non-hydrogen) atoms. The number of halogens is 3. The van der Waals surface area contributed by atoms with E-state index in [0.717, 1.165) is 23.0 Å².